The lowest BCUT2D eigenvalue weighted by molar-refractivity contribution is 0.479. The molecule has 5 nitrogen and oxygen atoms in total. The van der Waals surface area contributed by atoms with Crippen molar-refractivity contribution in [1.29, 1.82) is 0 Å². The molecule has 6 heteroatoms. The first-order valence-corrected chi connectivity index (χ1v) is 10.3. The summed E-state index contributed by atoms with van der Waals surface area (Å²) in [5, 5.41) is 7.00. The molecule has 0 spiro atoms. The summed E-state index contributed by atoms with van der Waals surface area (Å²) in [4.78, 5) is 18.0. The van der Waals surface area contributed by atoms with Crippen LogP contribution < -0.4 is 16.2 Å². The molecule has 1 aliphatic rings. The number of unbranched alkanes of at least 4 members (excludes halogenated alkanes) is 1. The van der Waals surface area contributed by atoms with Crippen molar-refractivity contribution in [2.75, 3.05) is 18.4 Å². The summed E-state index contributed by atoms with van der Waals surface area (Å²) in [7, 11) is 0. The summed E-state index contributed by atoms with van der Waals surface area (Å²) in [5.74, 6) is 0. The Kier molecular flexibility index (Phi) is 7.29. The number of benzene rings is 1. The van der Waals surface area contributed by atoms with Gasteiger partial charge in [0.25, 0.3) is 5.56 Å². The van der Waals surface area contributed by atoms with E-state index in [0.29, 0.717) is 11.7 Å². The molecule has 1 fully saturated rings. The fourth-order valence-electron chi connectivity index (χ4n) is 3.89. The number of nitrogens with zero attached hydrogens (tertiary/aromatic N) is 2. The second-order valence-corrected chi connectivity index (χ2v) is 7.52. The van der Waals surface area contributed by atoms with Gasteiger partial charge < -0.3 is 10.6 Å². The van der Waals surface area contributed by atoms with Crippen LogP contribution in [0.5, 0.6) is 0 Å². The number of halogens is 1. The fourth-order valence-corrected chi connectivity index (χ4v) is 3.89. The Bertz CT molecular complexity index is 994. The van der Waals surface area contributed by atoms with E-state index >= 15 is 0 Å². The molecule has 0 saturated carbocycles. The first kappa shape index (κ1) is 21.3. The molecule has 0 amide bonds. The standard InChI is InChI=1S/C23H28N4O.ClH/c1-2-3-6-20-22(23(28)27-16-5-4-7-21(27)26-20)17-8-10-18(11-9-17)25-19-12-14-24-15-13-19;/h4-5,7-11,16,19,24-25H,2-3,6,12-15H2,1H3;1H. The summed E-state index contributed by atoms with van der Waals surface area (Å²) in [6.07, 6.45) is 7.00. The molecule has 1 aromatic carbocycles. The van der Waals surface area contributed by atoms with Gasteiger partial charge in [-0.3, -0.25) is 9.20 Å². The van der Waals surface area contributed by atoms with Gasteiger partial charge in [-0.25, -0.2) is 4.98 Å². The van der Waals surface area contributed by atoms with E-state index in [1.54, 1.807) is 10.6 Å². The summed E-state index contributed by atoms with van der Waals surface area (Å²) < 4.78 is 1.64. The van der Waals surface area contributed by atoms with E-state index in [4.69, 9.17) is 4.98 Å². The van der Waals surface area contributed by atoms with Gasteiger partial charge in [-0.05, 0) is 68.6 Å². The van der Waals surface area contributed by atoms with Crippen molar-refractivity contribution in [3.05, 3.63) is 64.7 Å². The highest BCUT2D eigenvalue weighted by atomic mass is 35.5. The predicted octanol–water partition coefficient (Wildman–Crippen LogP) is 4.29. The molecule has 29 heavy (non-hydrogen) atoms. The Morgan fingerprint density at radius 2 is 1.90 bits per heavy atom. The van der Waals surface area contributed by atoms with Crippen LogP contribution in [0.3, 0.4) is 0 Å². The van der Waals surface area contributed by atoms with Gasteiger partial charge in [-0.2, -0.15) is 0 Å². The number of rotatable bonds is 6. The maximum atomic E-state index is 13.2. The highest BCUT2D eigenvalue weighted by molar-refractivity contribution is 5.85. The zero-order chi connectivity index (χ0) is 19.3. The lowest BCUT2D eigenvalue weighted by Crippen LogP contribution is -2.35. The number of hydrogen-bond donors (Lipinski definition) is 2. The van der Waals surface area contributed by atoms with E-state index in [0.717, 1.165) is 67.7 Å². The second kappa shape index (κ2) is 9.90. The highest BCUT2D eigenvalue weighted by Gasteiger charge is 2.16. The molecule has 0 atom stereocenters. The Labute approximate surface area is 178 Å². The summed E-state index contributed by atoms with van der Waals surface area (Å²) >= 11 is 0. The molecule has 0 aliphatic carbocycles. The van der Waals surface area contributed by atoms with Gasteiger partial charge in [0.05, 0.1) is 11.3 Å². The van der Waals surface area contributed by atoms with Crippen LogP contribution in [0.25, 0.3) is 16.8 Å². The minimum Gasteiger partial charge on any atom is -0.382 e. The monoisotopic (exact) mass is 412 g/mol. The van der Waals surface area contributed by atoms with Crippen molar-refractivity contribution in [2.24, 2.45) is 0 Å². The highest BCUT2D eigenvalue weighted by Crippen LogP contribution is 2.24. The summed E-state index contributed by atoms with van der Waals surface area (Å²) in [6.45, 7) is 4.29. The number of pyridine rings is 1. The molecule has 1 aliphatic heterocycles. The average molecular weight is 413 g/mol. The smallest absolute Gasteiger partial charge is 0.265 e. The molecule has 154 valence electrons. The minimum absolute atomic E-state index is 0. The van der Waals surface area contributed by atoms with Crippen molar-refractivity contribution >= 4 is 23.7 Å². The summed E-state index contributed by atoms with van der Waals surface area (Å²) in [6, 6.07) is 14.5. The predicted molar refractivity (Wildman–Crippen MR) is 122 cm³/mol. The summed E-state index contributed by atoms with van der Waals surface area (Å²) in [5.41, 5.74) is 4.40. The van der Waals surface area contributed by atoms with E-state index in [1.165, 1.54) is 0 Å². The average Bonchev–Trinajstić information content (AvgIpc) is 2.74. The number of aryl methyl sites for hydroxylation is 1. The SMILES string of the molecule is CCCCc1nc2ccccn2c(=O)c1-c1ccc(NC2CCNCC2)cc1.Cl. The van der Waals surface area contributed by atoms with Crippen LogP contribution in [0.4, 0.5) is 5.69 Å². The van der Waals surface area contributed by atoms with Crippen LogP contribution >= 0.6 is 12.4 Å². The Balaban J connectivity index is 0.00000240. The van der Waals surface area contributed by atoms with E-state index in [-0.39, 0.29) is 18.0 Å². The Morgan fingerprint density at radius 3 is 2.62 bits per heavy atom. The van der Waals surface area contributed by atoms with Crippen molar-refractivity contribution in [3.63, 3.8) is 0 Å². The maximum Gasteiger partial charge on any atom is 0.265 e. The topological polar surface area (TPSA) is 58.4 Å². The second-order valence-electron chi connectivity index (χ2n) is 7.52. The molecule has 4 rings (SSSR count). The zero-order valence-corrected chi connectivity index (χ0v) is 17.7. The van der Waals surface area contributed by atoms with Gasteiger partial charge in [0, 0.05) is 17.9 Å². The van der Waals surface area contributed by atoms with Crippen molar-refractivity contribution < 1.29 is 0 Å². The van der Waals surface area contributed by atoms with Crippen molar-refractivity contribution in [2.45, 2.75) is 45.1 Å². The lowest BCUT2D eigenvalue weighted by atomic mass is 10.0. The van der Waals surface area contributed by atoms with Gasteiger partial charge >= 0.3 is 0 Å². The molecule has 2 aromatic heterocycles. The van der Waals surface area contributed by atoms with E-state index in [1.807, 2.05) is 30.3 Å². The molecule has 1 saturated heterocycles. The number of hydrogen-bond acceptors (Lipinski definition) is 4. The third kappa shape index (κ3) is 4.80. The van der Waals surface area contributed by atoms with Gasteiger partial charge in [0.1, 0.15) is 5.65 Å². The van der Waals surface area contributed by atoms with E-state index < -0.39 is 0 Å². The number of fused-ring (bicyclic) bond motifs is 1. The number of aromatic nitrogens is 2. The molecular formula is C23H29ClN4O. The first-order valence-electron chi connectivity index (χ1n) is 10.3. The largest absolute Gasteiger partial charge is 0.382 e. The number of piperidine rings is 1. The number of nitrogens with one attached hydrogen (secondary N) is 2. The van der Waals surface area contributed by atoms with Crippen molar-refractivity contribution in [1.82, 2.24) is 14.7 Å². The number of anilines is 1. The fraction of sp³-hybridized carbons (Fsp3) is 0.391. The normalized spacial score (nSPS) is 14.5. The molecule has 3 aromatic rings. The van der Waals surface area contributed by atoms with Crippen LogP contribution in [-0.2, 0) is 6.42 Å². The zero-order valence-electron chi connectivity index (χ0n) is 16.9. The molecule has 2 N–H and O–H groups in total. The molecular weight excluding hydrogens is 384 g/mol. The van der Waals surface area contributed by atoms with Crippen LogP contribution in [0.2, 0.25) is 0 Å². The minimum atomic E-state index is 0. The quantitative estimate of drug-likeness (QED) is 0.634. The van der Waals surface area contributed by atoms with Gasteiger partial charge in [-0.1, -0.05) is 31.5 Å². The van der Waals surface area contributed by atoms with Gasteiger partial charge in [-0.15, -0.1) is 12.4 Å². The van der Waals surface area contributed by atoms with Crippen LogP contribution in [0.15, 0.2) is 53.5 Å². The van der Waals surface area contributed by atoms with Crippen molar-refractivity contribution in [3.8, 4) is 11.1 Å². The van der Waals surface area contributed by atoms with E-state index in [9.17, 15) is 4.79 Å². The van der Waals surface area contributed by atoms with Crippen LogP contribution in [0.1, 0.15) is 38.3 Å². The van der Waals surface area contributed by atoms with Crippen LogP contribution in [-0.4, -0.2) is 28.5 Å². The van der Waals surface area contributed by atoms with Gasteiger partial charge in [0.2, 0.25) is 0 Å². The third-order valence-electron chi connectivity index (χ3n) is 5.46. The van der Waals surface area contributed by atoms with Gasteiger partial charge in [0.15, 0.2) is 0 Å². The van der Waals surface area contributed by atoms with E-state index in [2.05, 4.69) is 29.7 Å². The Hall–Kier alpha value is -2.37. The maximum absolute atomic E-state index is 13.2. The molecule has 0 bridgehead atoms. The lowest BCUT2D eigenvalue weighted by Gasteiger charge is -2.24. The Morgan fingerprint density at radius 1 is 1.14 bits per heavy atom. The first-order chi connectivity index (χ1) is 13.8. The molecule has 0 unspecified atom stereocenters. The molecule has 0 radical (unpaired) electrons. The molecule has 3 heterocycles. The third-order valence-corrected chi connectivity index (χ3v) is 5.46. The van der Waals surface area contributed by atoms with Crippen LogP contribution in [0, 0.1) is 0 Å².